The molecule has 2 atom stereocenters. The molecule has 0 aliphatic carbocycles. The topological polar surface area (TPSA) is 73.4 Å². The van der Waals surface area contributed by atoms with Gasteiger partial charge in [0.05, 0.1) is 6.10 Å². The zero-order chi connectivity index (χ0) is 14.0. The van der Waals surface area contributed by atoms with Gasteiger partial charge in [-0.3, -0.25) is 9.59 Å². The largest absolute Gasteiger partial charge is 0.393 e. The van der Waals surface area contributed by atoms with Gasteiger partial charge in [0, 0.05) is 30.5 Å². The number of hydrogen-bond donors (Lipinski definition) is 2. The Bertz CT molecular complexity index is 522. The fourth-order valence-electron chi connectivity index (χ4n) is 2.64. The molecule has 2 rings (SSSR count). The molecule has 1 aromatic rings. The van der Waals surface area contributed by atoms with E-state index >= 15 is 0 Å². The Labute approximate surface area is 112 Å². The monoisotopic (exact) mass is 264 g/mol. The Hall–Kier alpha value is -1.62. The molecule has 0 saturated carbocycles. The highest BCUT2D eigenvalue weighted by atomic mass is 16.3. The van der Waals surface area contributed by atoms with Gasteiger partial charge in [-0.2, -0.15) is 0 Å². The minimum absolute atomic E-state index is 0.0354. The van der Waals surface area contributed by atoms with Crippen molar-refractivity contribution in [3.63, 3.8) is 0 Å². The van der Waals surface area contributed by atoms with E-state index in [1.165, 1.54) is 12.3 Å². The normalized spacial score (nSPS) is 20.6. The van der Waals surface area contributed by atoms with Gasteiger partial charge in [0.25, 0.3) is 5.91 Å². The number of hydrogen-bond acceptors (Lipinski definition) is 3. The maximum absolute atomic E-state index is 12.4. The molecule has 1 fully saturated rings. The lowest BCUT2D eigenvalue weighted by Gasteiger charge is -2.25. The highest BCUT2D eigenvalue weighted by Crippen LogP contribution is 2.22. The minimum atomic E-state index is -0.435. The number of H-pyrrole nitrogens is 1. The van der Waals surface area contributed by atoms with Crippen LogP contribution in [0, 0.1) is 6.92 Å². The van der Waals surface area contributed by atoms with Gasteiger partial charge >= 0.3 is 0 Å². The molecule has 0 spiro atoms. The van der Waals surface area contributed by atoms with Gasteiger partial charge in [0.2, 0.25) is 0 Å². The zero-order valence-electron chi connectivity index (χ0n) is 11.3. The number of aromatic nitrogens is 1. The minimum Gasteiger partial charge on any atom is -0.393 e. The van der Waals surface area contributed by atoms with Gasteiger partial charge in [-0.15, -0.1) is 0 Å². The van der Waals surface area contributed by atoms with E-state index in [1.807, 2.05) is 0 Å². The Morgan fingerprint density at radius 2 is 2.37 bits per heavy atom. The summed E-state index contributed by atoms with van der Waals surface area (Å²) in [5.74, 6) is -0.232. The van der Waals surface area contributed by atoms with Crippen LogP contribution in [0.2, 0.25) is 0 Å². The summed E-state index contributed by atoms with van der Waals surface area (Å²) in [4.78, 5) is 28.9. The molecule has 1 saturated heterocycles. The molecule has 19 heavy (non-hydrogen) atoms. The lowest BCUT2D eigenvalue weighted by Crippen LogP contribution is -2.39. The number of aryl methyl sites for hydroxylation is 1. The van der Waals surface area contributed by atoms with Crippen LogP contribution in [0.5, 0.6) is 0 Å². The number of aliphatic hydroxyl groups excluding tert-OH is 1. The van der Waals surface area contributed by atoms with E-state index in [0.29, 0.717) is 13.0 Å². The van der Waals surface area contributed by atoms with Crippen LogP contribution in [-0.2, 0) is 0 Å². The number of pyridine rings is 1. The molecular weight excluding hydrogens is 244 g/mol. The van der Waals surface area contributed by atoms with E-state index in [0.717, 1.165) is 18.5 Å². The summed E-state index contributed by atoms with van der Waals surface area (Å²) in [6.45, 7) is 4.16. The maximum atomic E-state index is 12.4. The number of aliphatic hydroxyl groups is 1. The number of carbonyl (C=O) groups excluding carboxylic acids is 1. The Kier molecular flexibility index (Phi) is 4.04. The zero-order valence-corrected chi connectivity index (χ0v) is 11.3. The first kappa shape index (κ1) is 13.8. The Morgan fingerprint density at radius 3 is 3.00 bits per heavy atom. The average molecular weight is 264 g/mol. The molecule has 1 aliphatic rings. The number of carbonyl (C=O) groups is 1. The third-order valence-electron chi connectivity index (χ3n) is 3.54. The number of aromatic amines is 1. The number of nitrogens with one attached hydrogen (secondary N) is 1. The number of nitrogens with zero attached hydrogens (tertiary/aromatic N) is 1. The van der Waals surface area contributed by atoms with Crippen LogP contribution in [0.1, 0.15) is 42.2 Å². The van der Waals surface area contributed by atoms with E-state index in [1.54, 1.807) is 18.7 Å². The first-order chi connectivity index (χ1) is 8.99. The van der Waals surface area contributed by atoms with Gasteiger partial charge in [-0.05, 0) is 33.1 Å². The summed E-state index contributed by atoms with van der Waals surface area (Å²) in [5, 5.41) is 9.47. The first-order valence-corrected chi connectivity index (χ1v) is 6.67. The third kappa shape index (κ3) is 3.04. The van der Waals surface area contributed by atoms with Crippen LogP contribution in [0.3, 0.4) is 0 Å². The van der Waals surface area contributed by atoms with Crippen molar-refractivity contribution in [3.05, 3.63) is 33.7 Å². The van der Waals surface area contributed by atoms with Crippen LogP contribution < -0.4 is 5.43 Å². The van der Waals surface area contributed by atoms with Gasteiger partial charge in [0.1, 0.15) is 5.56 Å². The van der Waals surface area contributed by atoms with E-state index in [9.17, 15) is 14.7 Å². The van der Waals surface area contributed by atoms with Gasteiger partial charge in [0.15, 0.2) is 5.43 Å². The van der Waals surface area contributed by atoms with Crippen LogP contribution in [0.25, 0.3) is 0 Å². The van der Waals surface area contributed by atoms with Crippen molar-refractivity contribution < 1.29 is 9.90 Å². The summed E-state index contributed by atoms with van der Waals surface area (Å²) >= 11 is 0. The molecule has 0 aromatic carbocycles. The second kappa shape index (κ2) is 5.57. The molecule has 0 radical (unpaired) electrons. The van der Waals surface area contributed by atoms with E-state index in [2.05, 4.69) is 4.98 Å². The summed E-state index contributed by atoms with van der Waals surface area (Å²) in [6, 6.07) is 1.47. The standard InChI is InChI=1S/C14H20N2O3/c1-9-6-13(18)12(8-15-9)14(19)16-5-3-4-11(16)7-10(2)17/h6,8,10-11,17H,3-5,7H2,1-2H3,(H,15,18). The molecule has 1 aliphatic heterocycles. The fourth-order valence-corrected chi connectivity index (χ4v) is 2.64. The van der Waals surface area contributed by atoms with Crippen molar-refractivity contribution in [3.8, 4) is 0 Å². The van der Waals surface area contributed by atoms with Crippen LogP contribution in [-0.4, -0.2) is 39.6 Å². The predicted molar refractivity (Wildman–Crippen MR) is 72.2 cm³/mol. The first-order valence-electron chi connectivity index (χ1n) is 6.67. The van der Waals surface area contributed by atoms with E-state index in [-0.39, 0.29) is 22.9 Å². The van der Waals surface area contributed by atoms with Crippen LogP contribution >= 0.6 is 0 Å². The molecule has 2 heterocycles. The molecule has 104 valence electrons. The van der Waals surface area contributed by atoms with Crippen molar-refractivity contribution in [2.24, 2.45) is 0 Å². The van der Waals surface area contributed by atoms with Gasteiger partial charge in [-0.1, -0.05) is 0 Å². The second-order valence-electron chi connectivity index (χ2n) is 5.27. The Balaban J connectivity index is 2.21. The molecule has 0 bridgehead atoms. The van der Waals surface area contributed by atoms with Crippen LogP contribution in [0.15, 0.2) is 17.1 Å². The summed E-state index contributed by atoms with van der Waals surface area (Å²) < 4.78 is 0. The lowest BCUT2D eigenvalue weighted by atomic mass is 10.1. The number of amides is 1. The SMILES string of the molecule is Cc1cc(=O)c(C(=O)N2CCCC2CC(C)O)c[nH]1. The average Bonchev–Trinajstić information content (AvgIpc) is 2.75. The molecule has 2 N–H and O–H groups in total. The van der Waals surface area contributed by atoms with Crippen molar-refractivity contribution in [2.75, 3.05) is 6.54 Å². The Morgan fingerprint density at radius 1 is 1.63 bits per heavy atom. The number of rotatable bonds is 3. The summed E-state index contributed by atoms with van der Waals surface area (Å²) in [5.41, 5.74) is 0.676. The van der Waals surface area contributed by atoms with Crippen LogP contribution in [0.4, 0.5) is 0 Å². The number of likely N-dealkylation sites (tertiary alicyclic amines) is 1. The maximum Gasteiger partial charge on any atom is 0.259 e. The quantitative estimate of drug-likeness (QED) is 0.857. The predicted octanol–water partition coefficient (Wildman–Crippen LogP) is 1.06. The van der Waals surface area contributed by atoms with Crippen molar-refractivity contribution >= 4 is 5.91 Å². The van der Waals surface area contributed by atoms with Crippen molar-refractivity contribution in [2.45, 2.75) is 45.3 Å². The second-order valence-corrected chi connectivity index (χ2v) is 5.27. The van der Waals surface area contributed by atoms with E-state index in [4.69, 9.17) is 0 Å². The van der Waals surface area contributed by atoms with Crippen molar-refractivity contribution in [1.29, 1.82) is 0 Å². The molecule has 1 aromatic heterocycles. The smallest absolute Gasteiger partial charge is 0.259 e. The summed E-state index contributed by atoms with van der Waals surface area (Å²) in [6.07, 6.45) is 3.43. The van der Waals surface area contributed by atoms with E-state index < -0.39 is 6.10 Å². The fraction of sp³-hybridized carbons (Fsp3) is 0.571. The molecule has 1 amide bonds. The highest BCUT2D eigenvalue weighted by Gasteiger charge is 2.31. The third-order valence-corrected chi connectivity index (χ3v) is 3.54. The molecule has 2 unspecified atom stereocenters. The van der Waals surface area contributed by atoms with Gasteiger partial charge in [-0.25, -0.2) is 0 Å². The lowest BCUT2D eigenvalue weighted by molar-refractivity contribution is 0.0680. The molecular formula is C14H20N2O3. The molecule has 5 heteroatoms. The highest BCUT2D eigenvalue weighted by molar-refractivity contribution is 5.94. The summed E-state index contributed by atoms with van der Waals surface area (Å²) in [7, 11) is 0. The molecule has 5 nitrogen and oxygen atoms in total. The van der Waals surface area contributed by atoms with Crippen molar-refractivity contribution in [1.82, 2.24) is 9.88 Å². The van der Waals surface area contributed by atoms with Gasteiger partial charge < -0.3 is 15.0 Å².